The normalized spacial score (nSPS) is 54.6. The molecule has 0 saturated heterocycles. The van der Waals surface area contributed by atoms with Crippen LogP contribution < -0.4 is 0 Å². The Morgan fingerprint density at radius 3 is 2.15 bits per heavy atom. The van der Waals surface area contributed by atoms with Gasteiger partial charge in [-0.25, -0.2) is 0 Å². The summed E-state index contributed by atoms with van der Waals surface area (Å²) in [5.41, 5.74) is -2.74. The van der Waals surface area contributed by atoms with Gasteiger partial charge < -0.3 is 35.7 Å². The Kier molecular flexibility index (Phi) is 7.27. The van der Waals surface area contributed by atoms with Crippen molar-refractivity contribution in [3.8, 4) is 0 Å². The van der Waals surface area contributed by atoms with Crippen LogP contribution in [-0.2, 0) is 0 Å². The molecule has 0 spiro atoms. The van der Waals surface area contributed by atoms with Crippen molar-refractivity contribution in [3.05, 3.63) is 0 Å². The van der Waals surface area contributed by atoms with E-state index in [-0.39, 0.29) is 36.2 Å². The number of hydrogen-bond acceptors (Lipinski definition) is 7. The fraction of sp³-hybridized carbons (Fsp3) is 1.00. The van der Waals surface area contributed by atoms with Crippen LogP contribution in [0.4, 0.5) is 0 Å². The molecule has 0 amide bonds. The van der Waals surface area contributed by atoms with Crippen LogP contribution in [0.15, 0.2) is 0 Å². The lowest BCUT2D eigenvalue weighted by Crippen LogP contribution is -2.75. The predicted octanol–water partition coefficient (Wildman–Crippen LogP) is 1.44. The lowest BCUT2D eigenvalue weighted by atomic mass is 9.41. The fourth-order valence-corrected chi connectivity index (χ4v) is 9.52. The zero-order valence-electron chi connectivity index (χ0n) is 21.3. The van der Waals surface area contributed by atoms with Gasteiger partial charge in [0, 0.05) is 12.5 Å². The summed E-state index contributed by atoms with van der Waals surface area (Å²) in [5, 5.41) is 77.2. The molecule has 0 heterocycles. The Morgan fingerprint density at radius 1 is 0.853 bits per heavy atom. The molecule has 0 aromatic rings. The van der Waals surface area contributed by atoms with E-state index < -0.39 is 52.9 Å². The predicted molar refractivity (Wildman–Crippen MR) is 128 cm³/mol. The van der Waals surface area contributed by atoms with Crippen molar-refractivity contribution in [2.75, 3.05) is 6.61 Å². The van der Waals surface area contributed by atoms with Crippen LogP contribution in [0.25, 0.3) is 0 Å². The molecule has 4 aliphatic carbocycles. The highest BCUT2D eigenvalue weighted by molar-refractivity contribution is 5.24. The van der Waals surface area contributed by atoms with Crippen LogP contribution in [-0.4, -0.2) is 78.5 Å². The first kappa shape index (κ1) is 26.8. The number of aliphatic hydroxyl groups excluding tert-OH is 6. The number of hydrogen-bond donors (Lipinski definition) is 7. The maximum Gasteiger partial charge on any atom is 0.109 e. The van der Waals surface area contributed by atoms with Crippen LogP contribution in [0.1, 0.15) is 79.1 Å². The minimum Gasteiger partial charge on any atom is -0.396 e. The van der Waals surface area contributed by atoms with E-state index in [1.807, 2.05) is 13.8 Å². The van der Waals surface area contributed by atoms with Crippen molar-refractivity contribution in [3.63, 3.8) is 0 Å². The zero-order chi connectivity index (χ0) is 25.2. The van der Waals surface area contributed by atoms with Crippen LogP contribution >= 0.6 is 0 Å². The maximum atomic E-state index is 12.3. The smallest absolute Gasteiger partial charge is 0.109 e. The second-order valence-corrected chi connectivity index (χ2v) is 13.1. The first-order valence-electron chi connectivity index (χ1n) is 13.6. The first-order valence-corrected chi connectivity index (χ1v) is 13.6. The second-order valence-electron chi connectivity index (χ2n) is 13.1. The van der Waals surface area contributed by atoms with Gasteiger partial charge >= 0.3 is 0 Å². The van der Waals surface area contributed by atoms with Crippen molar-refractivity contribution in [1.82, 2.24) is 0 Å². The summed E-state index contributed by atoms with van der Waals surface area (Å²) in [6.07, 6.45) is 0.370. The molecule has 0 radical (unpaired) electrons. The molecule has 14 atom stereocenters. The molecule has 0 aromatic heterocycles. The average molecular weight is 485 g/mol. The number of rotatable bonds is 6. The van der Waals surface area contributed by atoms with Gasteiger partial charge in [0.2, 0.25) is 0 Å². The highest BCUT2D eigenvalue weighted by Crippen LogP contribution is 2.69. The van der Waals surface area contributed by atoms with Crippen molar-refractivity contribution in [2.45, 2.75) is 115 Å². The Labute approximate surface area is 204 Å². The summed E-state index contributed by atoms with van der Waals surface area (Å²) in [7, 11) is 0. The highest BCUT2D eigenvalue weighted by Gasteiger charge is 2.75. The van der Waals surface area contributed by atoms with E-state index in [4.69, 9.17) is 0 Å². The van der Waals surface area contributed by atoms with Gasteiger partial charge in [0.05, 0.1) is 24.4 Å². The molecule has 7 nitrogen and oxygen atoms in total. The van der Waals surface area contributed by atoms with Crippen molar-refractivity contribution >= 4 is 0 Å². The average Bonchev–Trinajstić information content (AvgIpc) is 2.99. The molecule has 4 rings (SSSR count). The SMILES string of the molecule is C[C@H](CO)CCC[C@@H](C)[C@H]1[C@@H](O)[C@H](O)[C@@H]2[C@]1(C)CC[C@@H]1[C@@]3(C)CC[C@H](O)C[C@@H]3[C@H](O)[C@@H](O)[C@]12O. The Bertz CT molecular complexity index is 734. The molecule has 4 saturated carbocycles. The Morgan fingerprint density at radius 2 is 1.50 bits per heavy atom. The van der Waals surface area contributed by atoms with E-state index in [1.54, 1.807) is 0 Å². The lowest BCUT2D eigenvalue weighted by Gasteiger charge is -2.67. The minimum absolute atomic E-state index is 0.101. The highest BCUT2D eigenvalue weighted by atomic mass is 16.4. The largest absolute Gasteiger partial charge is 0.396 e. The summed E-state index contributed by atoms with van der Waals surface area (Å²) < 4.78 is 0. The van der Waals surface area contributed by atoms with Gasteiger partial charge in [-0.3, -0.25) is 0 Å². The van der Waals surface area contributed by atoms with Gasteiger partial charge in [0.25, 0.3) is 0 Å². The van der Waals surface area contributed by atoms with Crippen LogP contribution in [0.2, 0.25) is 0 Å². The molecule has 7 heteroatoms. The molecule has 0 aromatic carbocycles. The van der Waals surface area contributed by atoms with E-state index in [0.29, 0.717) is 25.7 Å². The molecular formula is C27H48O7. The van der Waals surface area contributed by atoms with Crippen LogP contribution in [0.3, 0.4) is 0 Å². The monoisotopic (exact) mass is 484 g/mol. The van der Waals surface area contributed by atoms with Crippen molar-refractivity contribution < 1.29 is 35.7 Å². The molecule has 0 bridgehead atoms. The summed E-state index contributed by atoms with van der Waals surface area (Å²) >= 11 is 0. The molecule has 198 valence electrons. The van der Waals surface area contributed by atoms with Gasteiger partial charge in [-0.2, -0.15) is 0 Å². The van der Waals surface area contributed by atoms with Crippen LogP contribution in [0, 0.1) is 46.3 Å². The third-order valence-electron chi connectivity index (χ3n) is 11.2. The van der Waals surface area contributed by atoms with Gasteiger partial charge in [0.15, 0.2) is 0 Å². The van der Waals surface area contributed by atoms with E-state index >= 15 is 0 Å². The zero-order valence-corrected chi connectivity index (χ0v) is 21.3. The molecular weight excluding hydrogens is 436 g/mol. The van der Waals surface area contributed by atoms with Gasteiger partial charge in [-0.1, -0.05) is 40.5 Å². The Hall–Kier alpha value is -0.280. The van der Waals surface area contributed by atoms with Crippen LogP contribution in [0.5, 0.6) is 0 Å². The quantitative estimate of drug-likeness (QED) is 0.302. The van der Waals surface area contributed by atoms with E-state index in [1.165, 1.54) is 0 Å². The van der Waals surface area contributed by atoms with Crippen molar-refractivity contribution in [1.29, 1.82) is 0 Å². The van der Waals surface area contributed by atoms with Crippen molar-refractivity contribution in [2.24, 2.45) is 46.3 Å². The van der Waals surface area contributed by atoms with E-state index in [2.05, 4.69) is 13.8 Å². The summed E-state index contributed by atoms with van der Waals surface area (Å²) in [4.78, 5) is 0. The Balaban J connectivity index is 1.66. The molecule has 7 N–H and O–H groups in total. The first-order chi connectivity index (χ1) is 15.8. The topological polar surface area (TPSA) is 142 Å². The molecule has 4 fully saturated rings. The summed E-state index contributed by atoms with van der Waals surface area (Å²) in [6, 6.07) is 0. The second kappa shape index (κ2) is 9.23. The molecule has 0 unspecified atom stereocenters. The standard InChI is InChI=1S/C27H48O7/c1-14(13-28)6-5-7-15(2)19-21(31)22(32)23-26(19,4)11-9-18-25(3)10-8-16(29)12-17(25)20(30)24(33)27(18,23)34/h14-24,28-34H,5-13H2,1-4H3/t14-,15+,16-,17+,18+,19-,20-,21+,22-,23+,24+,25-,26+,27-/m0/s1. The third-order valence-corrected chi connectivity index (χ3v) is 11.2. The minimum atomic E-state index is -1.71. The molecule has 0 aliphatic heterocycles. The van der Waals surface area contributed by atoms with Gasteiger partial charge in [-0.05, 0) is 78.9 Å². The number of aliphatic hydroxyl groups is 7. The lowest BCUT2D eigenvalue weighted by molar-refractivity contribution is -0.309. The third kappa shape index (κ3) is 3.72. The number of fused-ring (bicyclic) bond motifs is 5. The summed E-state index contributed by atoms with van der Waals surface area (Å²) in [5.74, 6) is -1.28. The van der Waals surface area contributed by atoms with Gasteiger partial charge in [-0.15, -0.1) is 0 Å². The fourth-order valence-electron chi connectivity index (χ4n) is 9.52. The van der Waals surface area contributed by atoms with Gasteiger partial charge in [0.1, 0.15) is 11.7 Å². The molecule has 34 heavy (non-hydrogen) atoms. The van der Waals surface area contributed by atoms with E-state index in [0.717, 1.165) is 25.7 Å². The van der Waals surface area contributed by atoms with E-state index in [9.17, 15) is 35.7 Å². The molecule has 4 aliphatic rings. The maximum absolute atomic E-state index is 12.3. The summed E-state index contributed by atoms with van der Waals surface area (Å²) in [6.45, 7) is 8.38.